The molecule has 1 amide bonds. The lowest BCUT2D eigenvalue weighted by Gasteiger charge is -1.91. The largest absolute Gasteiger partial charge is 0.477 e. The summed E-state index contributed by atoms with van der Waals surface area (Å²) in [6.45, 7) is 1.19. The molecule has 10 heavy (non-hydrogen) atoms. The van der Waals surface area contributed by atoms with E-state index >= 15 is 0 Å². The first-order valence-electron chi connectivity index (χ1n) is 2.50. The maximum atomic E-state index is 10.2. The van der Waals surface area contributed by atoms with E-state index in [1.165, 1.54) is 6.92 Å². The second kappa shape index (κ2) is 4.05. The van der Waals surface area contributed by atoms with Gasteiger partial charge in [0.15, 0.2) is 0 Å². The lowest BCUT2D eigenvalue weighted by Crippen LogP contribution is -2.15. The van der Waals surface area contributed by atoms with E-state index < -0.39 is 11.9 Å². The Morgan fingerprint density at radius 2 is 2.10 bits per heavy atom. The summed E-state index contributed by atoms with van der Waals surface area (Å²) >= 11 is 3.67. The molecular weight excluding hydrogens is 154 g/mol. The molecule has 0 rings (SSSR count). The van der Waals surface area contributed by atoms with Crippen LogP contribution in [0.25, 0.3) is 0 Å². The van der Waals surface area contributed by atoms with E-state index in [4.69, 9.17) is 5.11 Å². The molecule has 4 nitrogen and oxygen atoms in total. The quantitative estimate of drug-likeness (QED) is 0.442. The topological polar surface area (TPSA) is 66.7 Å². The number of hydrogen-bond donors (Lipinski definition) is 2. The molecule has 0 bridgehead atoms. The number of amides is 1. The molecule has 0 aromatic heterocycles. The Morgan fingerprint density at radius 3 is 2.20 bits per heavy atom. The van der Waals surface area contributed by atoms with Crippen LogP contribution < -0.4 is 0 Å². The molecule has 0 radical (unpaired) electrons. The lowest BCUT2D eigenvalue weighted by molar-refractivity contribution is -0.129. The highest BCUT2D eigenvalue weighted by atomic mass is 32.1. The van der Waals surface area contributed by atoms with Crippen LogP contribution in [0.2, 0.25) is 0 Å². The third-order valence-corrected chi connectivity index (χ3v) is 0.989. The van der Waals surface area contributed by atoms with Crippen LogP contribution in [0.4, 0.5) is 0 Å². The monoisotopic (exact) mass is 161 g/mol. The van der Waals surface area contributed by atoms with Crippen molar-refractivity contribution in [3.05, 3.63) is 0 Å². The Kier molecular flexibility index (Phi) is 3.71. The maximum Gasteiger partial charge on any atom is 0.351 e. The fourth-order valence-electron chi connectivity index (χ4n) is 0.341. The first-order valence-corrected chi connectivity index (χ1v) is 3.13. The Bertz CT molecular complexity index is 187. The number of carbonyl (C=O) groups excluding carboxylic acids is 1. The maximum absolute atomic E-state index is 10.2. The fraction of sp³-hybridized carbons (Fsp3) is 0.400. The smallest absolute Gasteiger partial charge is 0.351 e. The van der Waals surface area contributed by atoms with Crippen LogP contribution in [0.1, 0.15) is 6.92 Å². The summed E-state index contributed by atoms with van der Waals surface area (Å²) in [4.78, 5) is 23.6. The first-order chi connectivity index (χ1) is 4.57. The molecule has 0 aliphatic rings. The summed E-state index contributed by atoms with van der Waals surface area (Å²) in [7, 11) is 0. The molecule has 56 valence electrons. The zero-order valence-corrected chi connectivity index (χ0v) is 6.26. The molecule has 0 aliphatic heterocycles. The van der Waals surface area contributed by atoms with Gasteiger partial charge in [0.2, 0.25) is 5.91 Å². The van der Waals surface area contributed by atoms with Gasteiger partial charge in [-0.1, -0.05) is 0 Å². The Labute approximate surface area is 63.4 Å². The van der Waals surface area contributed by atoms with Crippen molar-refractivity contribution in [2.45, 2.75) is 6.92 Å². The summed E-state index contributed by atoms with van der Waals surface area (Å²) < 4.78 is 0. The minimum atomic E-state index is -1.20. The lowest BCUT2D eigenvalue weighted by atomic mass is 10.4. The van der Waals surface area contributed by atoms with Crippen molar-refractivity contribution in [1.82, 2.24) is 0 Å². The van der Waals surface area contributed by atoms with Gasteiger partial charge in [-0.05, 0) is 0 Å². The number of rotatable bonds is 2. The van der Waals surface area contributed by atoms with E-state index in [1.807, 2.05) is 0 Å². The molecule has 0 saturated heterocycles. The average Bonchev–Trinajstić information content (AvgIpc) is 1.81. The minimum Gasteiger partial charge on any atom is -0.477 e. The second-order valence-electron chi connectivity index (χ2n) is 1.54. The highest BCUT2D eigenvalue weighted by Gasteiger charge is 2.06. The third kappa shape index (κ3) is 3.24. The van der Waals surface area contributed by atoms with Gasteiger partial charge in [0.25, 0.3) is 0 Å². The van der Waals surface area contributed by atoms with Crippen molar-refractivity contribution in [3.63, 3.8) is 0 Å². The zero-order valence-electron chi connectivity index (χ0n) is 5.37. The van der Waals surface area contributed by atoms with Gasteiger partial charge in [-0.25, -0.2) is 9.79 Å². The van der Waals surface area contributed by atoms with Gasteiger partial charge < -0.3 is 5.11 Å². The molecule has 0 heterocycles. The van der Waals surface area contributed by atoms with E-state index in [2.05, 4.69) is 17.6 Å². The van der Waals surface area contributed by atoms with Gasteiger partial charge in [-0.2, -0.15) is 12.6 Å². The molecule has 5 heteroatoms. The molecule has 0 aliphatic carbocycles. The predicted octanol–water partition coefficient (Wildman–Crippen LogP) is -0.0117. The van der Waals surface area contributed by atoms with Gasteiger partial charge in [-0.15, -0.1) is 0 Å². The highest BCUT2D eigenvalue weighted by Crippen LogP contribution is 1.85. The van der Waals surface area contributed by atoms with E-state index in [0.29, 0.717) is 0 Å². The van der Waals surface area contributed by atoms with Gasteiger partial charge in [0.05, 0.1) is 0 Å². The number of carboxylic acid groups (broad SMARTS) is 1. The standard InChI is InChI=1S/C5H7NO3S/c1-3(7)6-4(2-10)5(8)9/h10H,2H2,1H3,(H,8,9). The van der Waals surface area contributed by atoms with Crippen LogP contribution in [-0.4, -0.2) is 28.4 Å². The predicted molar refractivity (Wildman–Crippen MR) is 39.6 cm³/mol. The minimum absolute atomic E-state index is 0.0328. The van der Waals surface area contributed by atoms with E-state index in [-0.39, 0.29) is 11.5 Å². The van der Waals surface area contributed by atoms with Crippen molar-refractivity contribution in [1.29, 1.82) is 0 Å². The van der Waals surface area contributed by atoms with Crippen molar-refractivity contribution in [2.75, 3.05) is 5.75 Å². The molecule has 0 atom stereocenters. The van der Waals surface area contributed by atoms with Crippen molar-refractivity contribution in [3.8, 4) is 0 Å². The van der Waals surface area contributed by atoms with Gasteiger partial charge in [0.1, 0.15) is 5.71 Å². The molecule has 0 spiro atoms. The van der Waals surface area contributed by atoms with Crippen LogP contribution in [0.3, 0.4) is 0 Å². The summed E-state index contributed by atoms with van der Waals surface area (Å²) in [5, 5.41) is 8.29. The first kappa shape index (κ1) is 9.16. The summed E-state index contributed by atoms with van der Waals surface area (Å²) in [5.41, 5.74) is -0.226. The van der Waals surface area contributed by atoms with Gasteiger partial charge >= 0.3 is 5.97 Å². The Balaban J connectivity index is 4.34. The molecule has 0 aromatic carbocycles. The Hall–Kier alpha value is -0.840. The highest BCUT2D eigenvalue weighted by molar-refractivity contribution is 7.81. The number of carboxylic acids is 1. The second-order valence-corrected chi connectivity index (χ2v) is 1.86. The molecule has 0 aromatic rings. The fourth-order valence-corrected chi connectivity index (χ4v) is 0.547. The van der Waals surface area contributed by atoms with Crippen molar-refractivity contribution in [2.24, 2.45) is 4.99 Å². The summed E-state index contributed by atoms with van der Waals surface area (Å²) in [6.07, 6.45) is 0. The zero-order chi connectivity index (χ0) is 8.15. The Morgan fingerprint density at radius 1 is 1.60 bits per heavy atom. The third-order valence-electron chi connectivity index (χ3n) is 0.689. The van der Waals surface area contributed by atoms with Crippen molar-refractivity contribution < 1.29 is 14.7 Å². The molecule has 1 N–H and O–H groups in total. The number of nitrogens with zero attached hydrogens (tertiary/aromatic N) is 1. The van der Waals surface area contributed by atoms with Crippen LogP contribution in [-0.2, 0) is 9.59 Å². The van der Waals surface area contributed by atoms with Crippen LogP contribution in [0.5, 0.6) is 0 Å². The number of aliphatic imine (C=N–C) groups is 1. The SMILES string of the molecule is CC(=O)N=C(CS)C(=O)O. The number of thiol groups is 1. The van der Waals surface area contributed by atoms with Gasteiger partial charge in [-0.3, -0.25) is 4.79 Å². The normalized spacial score (nSPS) is 11.2. The van der Waals surface area contributed by atoms with E-state index in [9.17, 15) is 9.59 Å². The van der Waals surface area contributed by atoms with Crippen LogP contribution >= 0.6 is 12.6 Å². The molecule has 0 unspecified atom stereocenters. The van der Waals surface area contributed by atoms with E-state index in [1.54, 1.807) is 0 Å². The van der Waals surface area contributed by atoms with Crippen molar-refractivity contribution >= 4 is 30.2 Å². The van der Waals surface area contributed by atoms with Crippen LogP contribution in [0.15, 0.2) is 4.99 Å². The molecule has 0 fully saturated rings. The average molecular weight is 161 g/mol. The summed E-state index contributed by atoms with van der Waals surface area (Å²) in [6, 6.07) is 0. The number of hydrogen-bond acceptors (Lipinski definition) is 3. The number of carbonyl (C=O) groups is 2. The molecule has 0 saturated carbocycles. The molecular formula is C5H7NO3S. The van der Waals surface area contributed by atoms with Crippen LogP contribution in [0, 0.1) is 0 Å². The van der Waals surface area contributed by atoms with E-state index in [0.717, 1.165) is 0 Å². The van der Waals surface area contributed by atoms with Gasteiger partial charge in [0, 0.05) is 12.7 Å². The summed E-state index contributed by atoms with van der Waals surface area (Å²) in [5.74, 6) is -1.76. The number of aliphatic carboxylic acids is 1.